The summed E-state index contributed by atoms with van der Waals surface area (Å²) in [4.78, 5) is 8.72. The molecule has 0 atom stereocenters. The van der Waals surface area contributed by atoms with E-state index < -0.39 is 0 Å². The number of halogens is 1. The number of aromatic nitrogens is 3. The first-order chi connectivity index (χ1) is 11.1. The molecule has 0 bridgehead atoms. The Balaban J connectivity index is 1.97. The summed E-state index contributed by atoms with van der Waals surface area (Å²) in [6.45, 7) is 7.55. The highest BCUT2D eigenvalue weighted by Crippen LogP contribution is 2.29. The molecule has 23 heavy (non-hydrogen) atoms. The lowest BCUT2D eigenvalue weighted by molar-refractivity contribution is 0.296. The van der Waals surface area contributed by atoms with Gasteiger partial charge >= 0.3 is 0 Å². The molecule has 4 nitrogen and oxygen atoms in total. The second kappa shape index (κ2) is 6.36. The molecule has 5 heteroatoms. The van der Waals surface area contributed by atoms with E-state index in [0.29, 0.717) is 12.5 Å². The van der Waals surface area contributed by atoms with Gasteiger partial charge in [-0.1, -0.05) is 19.1 Å². The lowest BCUT2D eigenvalue weighted by atomic mass is 10.2. The van der Waals surface area contributed by atoms with Crippen molar-refractivity contribution in [2.75, 3.05) is 0 Å². The highest BCUT2D eigenvalue weighted by atomic mass is 19.1. The molecule has 0 N–H and O–H groups in total. The van der Waals surface area contributed by atoms with E-state index in [1.165, 1.54) is 24.2 Å². The van der Waals surface area contributed by atoms with E-state index in [1.807, 2.05) is 0 Å². The highest BCUT2D eigenvalue weighted by molar-refractivity contribution is 5.85. The van der Waals surface area contributed by atoms with Gasteiger partial charge in [-0.2, -0.15) is 4.98 Å². The van der Waals surface area contributed by atoms with Crippen molar-refractivity contribution in [3.05, 3.63) is 53.2 Å². The maximum Gasteiger partial charge on any atom is 0.242 e. The Kier molecular flexibility index (Phi) is 4.28. The largest absolute Gasteiger partial charge is 0.471 e. The Labute approximate surface area is 134 Å². The van der Waals surface area contributed by atoms with Gasteiger partial charge in [0.1, 0.15) is 24.3 Å². The van der Waals surface area contributed by atoms with Crippen molar-refractivity contribution in [3.8, 4) is 5.88 Å². The van der Waals surface area contributed by atoms with Crippen molar-refractivity contribution in [2.24, 2.45) is 0 Å². The molecule has 0 unspecified atom stereocenters. The predicted octanol–water partition coefficient (Wildman–Crippen LogP) is 4.18. The predicted molar refractivity (Wildman–Crippen MR) is 88.0 cm³/mol. The van der Waals surface area contributed by atoms with E-state index in [-0.39, 0.29) is 5.82 Å². The van der Waals surface area contributed by atoms with Crippen LogP contribution >= 0.6 is 0 Å². The molecule has 0 saturated heterocycles. The van der Waals surface area contributed by atoms with Gasteiger partial charge in [-0.15, -0.1) is 0 Å². The van der Waals surface area contributed by atoms with E-state index >= 15 is 0 Å². The van der Waals surface area contributed by atoms with Crippen LogP contribution in [-0.2, 0) is 13.2 Å². The summed E-state index contributed by atoms with van der Waals surface area (Å²) in [5.74, 6) is 0.324. The molecule has 2 heterocycles. The number of fused-ring (bicyclic) bond motifs is 1. The van der Waals surface area contributed by atoms with Crippen molar-refractivity contribution < 1.29 is 9.13 Å². The van der Waals surface area contributed by atoms with Crippen LogP contribution in [0.5, 0.6) is 5.88 Å². The van der Waals surface area contributed by atoms with Gasteiger partial charge in [0.05, 0.1) is 5.52 Å². The summed E-state index contributed by atoms with van der Waals surface area (Å²) in [7, 11) is 0. The summed E-state index contributed by atoms with van der Waals surface area (Å²) in [6, 6.07) is 6.30. The van der Waals surface area contributed by atoms with Crippen molar-refractivity contribution in [1.29, 1.82) is 0 Å². The maximum absolute atomic E-state index is 13.0. The average molecular weight is 313 g/mol. The molecule has 0 aliphatic heterocycles. The lowest BCUT2D eigenvalue weighted by Crippen LogP contribution is -2.04. The third-order valence-electron chi connectivity index (χ3n) is 4.10. The van der Waals surface area contributed by atoms with Crippen LogP contribution in [0.25, 0.3) is 11.0 Å². The molecule has 3 rings (SSSR count). The number of nitrogens with zero attached hydrogens (tertiary/aromatic N) is 3. The standard InChI is InChI=1S/C18H20FN3O/c1-4-9-22-13(3)12(2)16-17(22)18(21-11-20-16)23-10-14-5-7-15(19)8-6-14/h5-8,11H,4,9-10H2,1-3H3. The van der Waals surface area contributed by atoms with Crippen LogP contribution in [0.4, 0.5) is 4.39 Å². The summed E-state index contributed by atoms with van der Waals surface area (Å²) < 4.78 is 21.1. The Bertz CT molecular complexity index is 824. The summed E-state index contributed by atoms with van der Waals surface area (Å²) in [6.07, 6.45) is 2.56. The quantitative estimate of drug-likeness (QED) is 0.709. The number of hydrogen-bond donors (Lipinski definition) is 0. The van der Waals surface area contributed by atoms with E-state index in [0.717, 1.165) is 35.1 Å². The molecular formula is C18H20FN3O. The molecule has 1 aromatic carbocycles. The van der Waals surface area contributed by atoms with E-state index in [4.69, 9.17) is 4.74 Å². The van der Waals surface area contributed by atoms with Crippen LogP contribution in [0.15, 0.2) is 30.6 Å². The summed E-state index contributed by atoms with van der Waals surface area (Å²) in [5, 5.41) is 0. The van der Waals surface area contributed by atoms with Gasteiger partial charge < -0.3 is 9.30 Å². The Morgan fingerprint density at radius 2 is 1.87 bits per heavy atom. The first kappa shape index (κ1) is 15.5. The molecule has 0 spiro atoms. The molecule has 0 saturated carbocycles. The fourth-order valence-electron chi connectivity index (χ4n) is 2.76. The number of aryl methyl sites for hydroxylation is 2. The molecule has 0 aliphatic rings. The van der Waals surface area contributed by atoms with Gasteiger partial charge in [-0.3, -0.25) is 0 Å². The molecule has 3 aromatic rings. The summed E-state index contributed by atoms with van der Waals surface area (Å²) >= 11 is 0. The first-order valence-corrected chi connectivity index (χ1v) is 7.79. The van der Waals surface area contributed by atoms with Crippen LogP contribution in [0.3, 0.4) is 0 Å². The Hall–Kier alpha value is -2.43. The Morgan fingerprint density at radius 3 is 2.57 bits per heavy atom. The minimum atomic E-state index is -0.249. The van der Waals surface area contributed by atoms with Crippen LogP contribution in [0, 0.1) is 19.7 Å². The van der Waals surface area contributed by atoms with E-state index in [9.17, 15) is 4.39 Å². The van der Waals surface area contributed by atoms with E-state index in [1.54, 1.807) is 12.1 Å². The zero-order valence-electron chi connectivity index (χ0n) is 13.6. The number of benzene rings is 1. The van der Waals surface area contributed by atoms with Gasteiger partial charge in [0, 0.05) is 12.2 Å². The van der Waals surface area contributed by atoms with Crippen LogP contribution in [-0.4, -0.2) is 14.5 Å². The van der Waals surface area contributed by atoms with Crippen molar-refractivity contribution >= 4 is 11.0 Å². The fourth-order valence-corrected chi connectivity index (χ4v) is 2.76. The van der Waals surface area contributed by atoms with Crippen molar-refractivity contribution in [3.63, 3.8) is 0 Å². The van der Waals surface area contributed by atoms with Crippen molar-refractivity contribution in [1.82, 2.24) is 14.5 Å². The normalized spacial score (nSPS) is 11.1. The third-order valence-corrected chi connectivity index (χ3v) is 4.10. The topological polar surface area (TPSA) is 39.9 Å². The Morgan fingerprint density at radius 1 is 1.13 bits per heavy atom. The second-order valence-electron chi connectivity index (χ2n) is 5.65. The SMILES string of the molecule is CCCn1c(C)c(C)c2ncnc(OCc3ccc(F)cc3)c21. The van der Waals surface area contributed by atoms with Gasteiger partial charge in [-0.25, -0.2) is 9.37 Å². The van der Waals surface area contributed by atoms with Gasteiger partial charge in [-0.05, 0) is 43.5 Å². The highest BCUT2D eigenvalue weighted by Gasteiger charge is 2.17. The maximum atomic E-state index is 13.0. The first-order valence-electron chi connectivity index (χ1n) is 7.79. The molecule has 0 aliphatic carbocycles. The number of rotatable bonds is 5. The van der Waals surface area contributed by atoms with Gasteiger partial charge in [0.25, 0.3) is 0 Å². The average Bonchev–Trinajstić information content (AvgIpc) is 2.80. The smallest absolute Gasteiger partial charge is 0.242 e. The molecule has 0 fully saturated rings. The molecule has 2 aromatic heterocycles. The molecule has 0 amide bonds. The lowest BCUT2D eigenvalue weighted by Gasteiger charge is -2.10. The van der Waals surface area contributed by atoms with Gasteiger partial charge in [0.2, 0.25) is 5.88 Å². The zero-order valence-corrected chi connectivity index (χ0v) is 13.6. The van der Waals surface area contributed by atoms with Gasteiger partial charge in [0.15, 0.2) is 0 Å². The molecular weight excluding hydrogens is 293 g/mol. The minimum absolute atomic E-state index is 0.249. The van der Waals surface area contributed by atoms with Crippen LogP contribution in [0.1, 0.15) is 30.2 Å². The number of hydrogen-bond acceptors (Lipinski definition) is 3. The molecule has 120 valence electrons. The van der Waals surface area contributed by atoms with E-state index in [2.05, 4.69) is 35.3 Å². The minimum Gasteiger partial charge on any atom is -0.471 e. The van der Waals surface area contributed by atoms with Crippen LogP contribution < -0.4 is 4.74 Å². The van der Waals surface area contributed by atoms with Crippen LogP contribution in [0.2, 0.25) is 0 Å². The van der Waals surface area contributed by atoms with Crippen molar-refractivity contribution in [2.45, 2.75) is 40.3 Å². The molecule has 0 radical (unpaired) electrons. The fraction of sp³-hybridized carbons (Fsp3) is 0.333. The zero-order chi connectivity index (χ0) is 16.4. The second-order valence-corrected chi connectivity index (χ2v) is 5.65. The monoisotopic (exact) mass is 313 g/mol. The third kappa shape index (κ3) is 2.91. The number of ether oxygens (including phenoxy) is 1. The summed E-state index contributed by atoms with van der Waals surface area (Å²) in [5.41, 5.74) is 5.11.